The van der Waals surface area contributed by atoms with Gasteiger partial charge in [-0.3, -0.25) is 0 Å². The fourth-order valence-corrected chi connectivity index (χ4v) is 6.60. The van der Waals surface area contributed by atoms with Gasteiger partial charge in [-0.25, -0.2) is 23.4 Å². The van der Waals surface area contributed by atoms with Crippen molar-refractivity contribution in [2.24, 2.45) is 5.41 Å². The first-order valence-corrected chi connectivity index (χ1v) is 12.4. The van der Waals surface area contributed by atoms with Crippen molar-refractivity contribution in [3.63, 3.8) is 0 Å². The quantitative estimate of drug-likeness (QED) is 0.514. The number of halogens is 2. The van der Waals surface area contributed by atoms with Crippen LogP contribution in [0.25, 0.3) is 0 Å². The van der Waals surface area contributed by atoms with Gasteiger partial charge in [0, 0.05) is 30.6 Å². The Morgan fingerprint density at radius 1 is 1.03 bits per heavy atom. The Labute approximate surface area is 193 Å². The van der Waals surface area contributed by atoms with Gasteiger partial charge in [0.2, 0.25) is 0 Å². The molecule has 2 aromatic heterocycles. The molecule has 1 aromatic carbocycles. The summed E-state index contributed by atoms with van der Waals surface area (Å²) in [7, 11) is 0. The second-order valence-electron chi connectivity index (χ2n) is 10.7. The van der Waals surface area contributed by atoms with Gasteiger partial charge in [0.05, 0.1) is 12.0 Å². The minimum atomic E-state index is -0.801. The molecular weight excluding hydrogens is 420 g/mol. The minimum Gasteiger partial charge on any atom is -0.331 e. The lowest BCUT2D eigenvalue weighted by Crippen LogP contribution is -2.48. The molecule has 0 amide bonds. The average molecular weight is 452 g/mol. The van der Waals surface area contributed by atoms with Gasteiger partial charge in [-0.05, 0) is 81.4 Å². The van der Waals surface area contributed by atoms with Gasteiger partial charge in [-0.1, -0.05) is 12.5 Å². The topological polar surface area (TPSA) is 48.5 Å². The van der Waals surface area contributed by atoms with E-state index in [-0.39, 0.29) is 16.9 Å². The summed E-state index contributed by atoms with van der Waals surface area (Å²) in [4.78, 5) is 9.49. The molecule has 3 aliphatic carbocycles. The molecule has 3 aromatic rings. The summed E-state index contributed by atoms with van der Waals surface area (Å²) in [6, 6.07) is 4.27. The van der Waals surface area contributed by atoms with Gasteiger partial charge in [0.15, 0.2) is 17.5 Å². The van der Waals surface area contributed by atoms with Crippen LogP contribution in [0.2, 0.25) is 0 Å². The molecule has 3 fully saturated rings. The molecule has 33 heavy (non-hydrogen) atoms. The van der Waals surface area contributed by atoms with Crippen molar-refractivity contribution < 1.29 is 8.78 Å². The van der Waals surface area contributed by atoms with E-state index >= 15 is 0 Å². The average Bonchev–Trinajstić information content (AvgIpc) is 3.38. The largest absolute Gasteiger partial charge is 0.331 e. The summed E-state index contributed by atoms with van der Waals surface area (Å²) >= 11 is 0. The van der Waals surface area contributed by atoms with E-state index in [9.17, 15) is 8.78 Å². The molecule has 7 rings (SSSR count). The molecule has 3 saturated carbocycles. The molecule has 0 spiro atoms. The Balaban J connectivity index is 1.24. The summed E-state index contributed by atoms with van der Waals surface area (Å²) < 4.78 is 31.9. The summed E-state index contributed by atoms with van der Waals surface area (Å²) in [5.41, 5.74) is 2.40. The zero-order valence-electron chi connectivity index (χ0n) is 19.2. The predicted octanol–water partition coefficient (Wildman–Crippen LogP) is 5.67. The molecule has 0 unspecified atom stereocenters. The molecule has 1 atom stereocenters. The van der Waals surface area contributed by atoms with E-state index in [0.717, 1.165) is 55.1 Å². The van der Waals surface area contributed by atoms with Crippen LogP contribution in [0.1, 0.15) is 86.6 Å². The highest BCUT2D eigenvalue weighted by atomic mass is 19.2. The monoisotopic (exact) mass is 451 g/mol. The Morgan fingerprint density at radius 3 is 2.52 bits per heavy atom. The first kappa shape index (κ1) is 21.0. The van der Waals surface area contributed by atoms with Crippen molar-refractivity contribution in [1.82, 2.24) is 24.3 Å². The smallest absolute Gasteiger partial charge is 0.159 e. The SMILES string of the molecule is Cc1cn(C23CCC(Cc4nc5n(n4)CCCC[C@H]5c4ccc(F)c(F)c4)(CC2)CC3)cn1. The maximum atomic E-state index is 14.0. The number of imidazole rings is 1. The van der Waals surface area contributed by atoms with Gasteiger partial charge in [-0.15, -0.1) is 0 Å². The molecule has 5 nitrogen and oxygen atoms in total. The highest BCUT2D eigenvalue weighted by Crippen LogP contribution is 2.56. The van der Waals surface area contributed by atoms with Crippen LogP contribution in [0.3, 0.4) is 0 Å². The van der Waals surface area contributed by atoms with Crippen molar-refractivity contribution >= 4 is 0 Å². The summed E-state index contributed by atoms with van der Waals surface area (Å²) in [6.07, 6.45) is 15.2. The van der Waals surface area contributed by atoms with E-state index in [4.69, 9.17) is 10.1 Å². The van der Waals surface area contributed by atoms with Crippen LogP contribution in [0.15, 0.2) is 30.7 Å². The van der Waals surface area contributed by atoms with Crippen LogP contribution < -0.4 is 0 Å². The third-order valence-corrected chi connectivity index (χ3v) is 8.67. The Hall–Kier alpha value is -2.57. The highest BCUT2D eigenvalue weighted by Gasteiger charge is 2.50. The van der Waals surface area contributed by atoms with Crippen LogP contribution in [-0.4, -0.2) is 24.3 Å². The van der Waals surface area contributed by atoms with E-state index < -0.39 is 11.6 Å². The maximum absolute atomic E-state index is 14.0. The predicted molar refractivity (Wildman–Crippen MR) is 121 cm³/mol. The number of hydrogen-bond donors (Lipinski definition) is 0. The van der Waals surface area contributed by atoms with E-state index in [0.29, 0.717) is 0 Å². The lowest BCUT2D eigenvalue weighted by molar-refractivity contribution is -0.00128. The number of fused-ring (bicyclic) bond motifs is 4. The molecule has 0 saturated heterocycles. The highest BCUT2D eigenvalue weighted by molar-refractivity contribution is 5.28. The van der Waals surface area contributed by atoms with Crippen LogP contribution in [0.4, 0.5) is 8.78 Å². The fraction of sp³-hybridized carbons (Fsp3) is 0.577. The molecular formula is C26H31F2N5. The number of aryl methyl sites for hydroxylation is 2. The molecule has 0 N–H and O–H groups in total. The first-order chi connectivity index (χ1) is 16.0. The van der Waals surface area contributed by atoms with Gasteiger partial charge >= 0.3 is 0 Å². The van der Waals surface area contributed by atoms with E-state index in [1.165, 1.54) is 50.7 Å². The van der Waals surface area contributed by atoms with Gasteiger partial charge in [0.1, 0.15) is 5.82 Å². The zero-order valence-corrected chi connectivity index (χ0v) is 19.2. The number of aromatic nitrogens is 5. The standard InChI is InChI=1S/C26H31F2N5/c1-18-16-32(17-29-18)26-10-7-25(8-11-26,9-12-26)15-23-30-24-20(4-2-3-13-33(24)31-23)19-5-6-21(27)22(28)14-19/h5-6,14,16-17,20H,2-4,7-13,15H2,1H3/t20-,25?,26?/m0/s1. The molecule has 0 radical (unpaired) electrons. The van der Waals surface area contributed by atoms with Crippen LogP contribution in [-0.2, 0) is 18.5 Å². The Kier molecular flexibility index (Phi) is 4.93. The van der Waals surface area contributed by atoms with Crippen LogP contribution in [0, 0.1) is 24.0 Å². The number of rotatable bonds is 4. The summed E-state index contributed by atoms with van der Waals surface area (Å²) in [6.45, 7) is 2.91. The lowest BCUT2D eigenvalue weighted by atomic mass is 9.56. The first-order valence-electron chi connectivity index (χ1n) is 12.4. The Morgan fingerprint density at radius 2 is 1.82 bits per heavy atom. The number of hydrogen-bond acceptors (Lipinski definition) is 3. The van der Waals surface area contributed by atoms with Crippen LogP contribution in [0.5, 0.6) is 0 Å². The second kappa shape index (κ2) is 7.74. The van der Waals surface area contributed by atoms with Crippen LogP contribution >= 0.6 is 0 Å². The third-order valence-electron chi connectivity index (χ3n) is 8.67. The van der Waals surface area contributed by atoms with Crippen molar-refractivity contribution in [2.45, 2.75) is 89.1 Å². The van der Waals surface area contributed by atoms with Crippen molar-refractivity contribution in [1.29, 1.82) is 0 Å². The molecule has 7 heteroatoms. The number of benzene rings is 1. The Bertz CT molecular complexity index is 1150. The zero-order chi connectivity index (χ0) is 22.6. The molecule has 3 heterocycles. The van der Waals surface area contributed by atoms with Crippen molar-refractivity contribution in [2.75, 3.05) is 0 Å². The maximum Gasteiger partial charge on any atom is 0.159 e. The van der Waals surface area contributed by atoms with E-state index in [2.05, 4.69) is 22.7 Å². The third kappa shape index (κ3) is 3.60. The second-order valence-corrected chi connectivity index (χ2v) is 10.7. The summed E-state index contributed by atoms with van der Waals surface area (Å²) in [5.74, 6) is 0.219. The molecule has 1 aliphatic heterocycles. The minimum absolute atomic E-state index is 0.0313. The van der Waals surface area contributed by atoms with Crippen molar-refractivity contribution in [3.8, 4) is 0 Å². The van der Waals surface area contributed by atoms with Gasteiger partial charge in [-0.2, -0.15) is 5.10 Å². The van der Waals surface area contributed by atoms with Crippen molar-refractivity contribution in [3.05, 3.63) is 65.3 Å². The summed E-state index contributed by atoms with van der Waals surface area (Å²) in [5, 5.41) is 4.93. The molecule has 2 bridgehead atoms. The van der Waals surface area contributed by atoms with Gasteiger partial charge in [0.25, 0.3) is 0 Å². The number of nitrogens with zero attached hydrogens (tertiary/aromatic N) is 5. The fourth-order valence-electron chi connectivity index (χ4n) is 6.60. The lowest BCUT2D eigenvalue weighted by Gasteiger charge is -2.53. The van der Waals surface area contributed by atoms with E-state index in [1.807, 2.05) is 11.0 Å². The molecule has 4 aliphatic rings. The van der Waals surface area contributed by atoms with Gasteiger partial charge < -0.3 is 4.57 Å². The van der Waals surface area contributed by atoms with E-state index in [1.54, 1.807) is 6.07 Å². The normalized spacial score (nSPS) is 29.1. The molecule has 174 valence electrons.